The van der Waals surface area contributed by atoms with Crippen molar-refractivity contribution in [2.45, 2.75) is 26.9 Å². The van der Waals surface area contributed by atoms with Crippen LogP contribution in [0.3, 0.4) is 0 Å². The summed E-state index contributed by atoms with van der Waals surface area (Å²) in [6, 6.07) is 5.25. The molecule has 0 unspecified atom stereocenters. The van der Waals surface area contributed by atoms with Crippen LogP contribution in [0.25, 0.3) is 11.3 Å². The Morgan fingerprint density at radius 3 is 2.82 bits per heavy atom. The molecule has 0 bridgehead atoms. The van der Waals surface area contributed by atoms with Gasteiger partial charge in [-0.2, -0.15) is 10.3 Å². The molecule has 0 aliphatic rings. The minimum Gasteiger partial charge on any atom is -0.493 e. The second-order valence-electron chi connectivity index (χ2n) is 4.57. The lowest BCUT2D eigenvalue weighted by Crippen LogP contribution is -2.07. The quantitative estimate of drug-likeness (QED) is 0.759. The van der Waals surface area contributed by atoms with Gasteiger partial charge >= 0.3 is 5.97 Å². The Morgan fingerprint density at radius 1 is 1.32 bits per heavy atom. The lowest BCUT2D eigenvalue weighted by Gasteiger charge is -2.10. The van der Waals surface area contributed by atoms with E-state index >= 15 is 0 Å². The maximum atomic E-state index is 11.8. The molecule has 22 heavy (non-hydrogen) atoms. The van der Waals surface area contributed by atoms with Crippen LogP contribution in [0.1, 0.15) is 36.3 Å². The minimum atomic E-state index is -0.539. The van der Waals surface area contributed by atoms with E-state index in [9.17, 15) is 9.90 Å². The second-order valence-corrected chi connectivity index (χ2v) is 4.57. The monoisotopic (exact) mass is 305 g/mol. The van der Waals surface area contributed by atoms with Crippen LogP contribution in [0.15, 0.2) is 18.2 Å². The zero-order chi connectivity index (χ0) is 15.9. The summed E-state index contributed by atoms with van der Waals surface area (Å²) in [5.74, 6) is 0.0809. The number of aliphatic hydroxyl groups is 1. The Bertz CT molecular complexity index is 639. The third kappa shape index (κ3) is 3.43. The number of aliphatic hydroxyl groups excluding tert-OH is 1. The van der Waals surface area contributed by atoms with Crippen LogP contribution >= 0.6 is 0 Å². The lowest BCUT2D eigenvalue weighted by molar-refractivity contribution is 0.0520. The van der Waals surface area contributed by atoms with Crippen molar-refractivity contribution in [1.29, 1.82) is 0 Å². The van der Waals surface area contributed by atoms with Crippen LogP contribution in [-0.4, -0.2) is 39.7 Å². The first-order valence-corrected chi connectivity index (χ1v) is 7.16. The highest BCUT2D eigenvalue weighted by molar-refractivity contribution is 5.94. The number of hydrogen-bond donors (Lipinski definition) is 2. The van der Waals surface area contributed by atoms with Crippen molar-refractivity contribution in [3.63, 3.8) is 0 Å². The average molecular weight is 305 g/mol. The number of esters is 1. The predicted molar refractivity (Wildman–Crippen MR) is 79.5 cm³/mol. The highest BCUT2D eigenvalue weighted by Crippen LogP contribution is 2.27. The Labute approximate surface area is 128 Å². The van der Waals surface area contributed by atoms with E-state index in [0.717, 1.165) is 6.42 Å². The van der Waals surface area contributed by atoms with Crippen molar-refractivity contribution in [3.05, 3.63) is 29.5 Å². The van der Waals surface area contributed by atoms with Gasteiger partial charge in [-0.15, -0.1) is 5.10 Å². The first-order valence-electron chi connectivity index (χ1n) is 7.16. The molecule has 118 valence electrons. The summed E-state index contributed by atoms with van der Waals surface area (Å²) in [6.45, 7) is 4.40. The van der Waals surface area contributed by atoms with Crippen LogP contribution in [0.4, 0.5) is 0 Å². The van der Waals surface area contributed by atoms with Gasteiger partial charge in [0.15, 0.2) is 5.69 Å². The Hall–Kier alpha value is -2.41. The number of ether oxygens (including phenoxy) is 2. The van der Waals surface area contributed by atoms with Crippen LogP contribution in [0.5, 0.6) is 5.75 Å². The highest BCUT2D eigenvalue weighted by Gasteiger charge is 2.19. The first-order chi connectivity index (χ1) is 10.7. The molecule has 0 spiro atoms. The number of hydrogen-bond acceptors (Lipinski definition) is 6. The molecule has 0 aliphatic carbocycles. The summed E-state index contributed by atoms with van der Waals surface area (Å²) in [5, 5.41) is 19.7. The van der Waals surface area contributed by atoms with Gasteiger partial charge in [-0.1, -0.05) is 6.92 Å². The van der Waals surface area contributed by atoms with Gasteiger partial charge in [0.2, 0.25) is 0 Å². The number of aromatic nitrogens is 3. The minimum absolute atomic E-state index is 0.118. The molecule has 7 nitrogen and oxygen atoms in total. The van der Waals surface area contributed by atoms with E-state index in [0.29, 0.717) is 29.2 Å². The van der Waals surface area contributed by atoms with Gasteiger partial charge in [0.1, 0.15) is 11.4 Å². The van der Waals surface area contributed by atoms with Gasteiger partial charge < -0.3 is 14.6 Å². The molecule has 2 N–H and O–H groups in total. The van der Waals surface area contributed by atoms with Gasteiger partial charge in [-0.05, 0) is 31.5 Å². The molecule has 0 saturated heterocycles. The van der Waals surface area contributed by atoms with Crippen LogP contribution < -0.4 is 4.74 Å². The molecule has 0 amide bonds. The number of carbonyl (C=O) groups excluding carboxylic acids is 1. The summed E-state index contributed by atoms with van der Waals surface area (Å²) in [7, 11) is 0. The number of benzene rings is 1. The van der Waals surface area contributed by atoms with Gasteiger partial charge in [-0.25, -0.2) is 4.79 Å². The molecule has 7 heteroatoms. The predicted octanol–water partition coefficient (Wildman–Crippen LogP) is 1.93. The van der Waals surface area contributed by atoms with E-state index < -0.39 is 5.97 Å². The Morgan fingerprint density at radius 2 is 2.14 bits per heavy atom. The van der Waals surface area contributed by atoms with Crippen LogP contribution in [0.2, 0.25) is 0 Å². The van der Waals surface area contributed by atoms with Gasteiger partial charge in [-0.3, -0.25) is 0 Å². The SMILES string of the molecule is CCCOc1ccc(-c2n[nH]nc2C(=O)OCC)cc1CO. The first kappa shape index (κ1) is 16.0. The summed E-state index contributed by atoms with van der Waals surface area (Å²) in [4.78, 5) is 11.8. The molecule has 0 fully saturated rings. The fourth-order valence-electron chi connectivity index (χ4n) is 1.98. The van der Waals surface area contributed by atoms with Gasteiger partial charge in [0, 0.05) is 11.1 Å². The van der Waals surface area contributed by atoms with E-state index in [1.54, 1.807) is 25.1 Å². The van der Waals surface area contributed by atoms with Crippen molar-refractivity contribution in [3.8, 4) is 17.0 Å². The van der Waals surface area contributed by atoms with Gasteiger partial charge in [0.25, 0.3) is 0 Å². The number of nitrogens with one attached hydrogen (secondary N) is 1. The zero-order valence-electron chi connectivity index (χ0n) is 12.6. The van der Waals surface area contributed by atoms with Crippen molar-refractivity contribution in [1.82, 2.24) is 15.4 Å². The second kappa shape index (κ2) is 7.56. The Kier molecular flexibility index (Phi) is 5.48. The fraction of sp³-hybridized carbons (Fsp3) is 0.400. The Balaban J connectivity index is 2.34. The van der Waals surface area contributed by atoms with E-state index in [-0.39, 0.29) is 18.9 Å². The number of rotatable bonds is 7. The van der Waals surface area contributed by atoms with E-state index in [1.165, 1.54) is 0 Å². The topological polar surface area (TPSA) is 97.3 Å². The molecule has 2 rings (SSSR count). The number of carbonyl (C=O) groups is 1. The highest BCUT2D eigenvalue weighted by atomic mass is 16.5. The third-order valence-corrected chi connectivity index (χ3v) is 2.98. The number of nitrogens with zero attached hydrogens (tertiary/aromatic N) is 2. The molecule has 0 aliphatic heterocycles. The van der Waals surface area contributed by atoms with E-state index in [1.807, 2.05) is 6.92 Å². The molecule has 1 aromatic heterocycles. The number of H-pyrrole nitrogens is 1. The molecule has 0 saturated carbocycles. The largest absolute Gasteiger partial charge is 0.493 e. The third-order valence-electron chi connectivity index (χ3n) is 2.98. The van der Waals surface area contributed by atoms with Crippen molar-refractivity contribution < 1.29 is 19.4 Å². The summed E-state index contributed by atoms with van der Waals surface area (Å²) in [5.41, 5.74) is 1.79. The smallest absolute Gasteiger partial charge is 0.361 e. The summed E-state index contributed by atoms with van der Waals surface area (Å²) >= 11 is 0. The molecule has 2 aromatic rings. The van der Waals surface area contributed by atoms with E-state index in [2.05, 4.69) is 15.4 Å². The van der Waals surface area contributed by atoms with E-state index in [4.69, 9.17) is 9.47 Å². The molecule has 1 aromatic carbocycles. The van der Waals surface area contributed by atoms with Crippen LogP contribution in [0, 0.1) is 0 Å². The maximum Gasteiger partial charge on any atom is 0.361 e. The molecular weight excluding hydrogens is 286 g/mol. The molecule has 0 radical (unpaired) electrons. The fourth-order valence-corrected chi connectivity index (χ4v) is 1.98. The van der Waals surface area contributed by atoms with Crippen LogP contribution in [-0.2, 0) is 11.3 Å². The molecule has 1 heterocycles. The standard InChI is InChI=1S/C15H19N3O4/c1-3-7-22-12-6-5-10(8-11(12)9-19)13-14(17-18-16-13)15(20)21-4-2/h5-6,8,19H,3-4,7,9H2,1-2H3,(H,16,17,18). The van der Waals surface area contributed by atoms with Crippen molar-refractivity contribution in [2.24, 2.45) is 0 Å². The average Bonchev–Trinajstić information content (AvgIpc) is 3.02. The molecule has 0 atom stereocenters. The van der Waals surface area contributed by atoms with Gasteiger partial charge in [0.05, 0.1) is 19.8 Å². The summed E-state index contributed by atoms with van der Waals surface area (Å²) in [6.07, 6.45) is 0.878. The maximum absolute atomic E-state index is 11.8. The number of aromatic amines is 1. The van der Waals surface area contributed by atoms with Crippen molar-refractivity contribution in [2.75, 3.05) is 13.2 Å². The molecular formula is C15H19N3O4. The normalized spacial score (nSPS) is 10.5. The summed E-state index contributed by atoms with van der Waals surface area (Å²) < 4.78 is 10.5. The van der Waals surface area contributed by atoms with Crippen molar-refractivity contribution >= 4 is 5.97 Å². The lowest BCUT2D eigenvalue weighted by atomic mass is 10.1. The zero-order valence-corrected chi connectivity index (χ0v) is 12.6.